The van der Waals surface area contributed by atoms with Gasteiger partial charge in [0.1, 0.15) is 5.75 Å². The maximum atomic E-state index is 12.2. The maximum absolute atomic E-state index is 12.2. The average Bonchev–Trinajstić information content (AvgIpc) is 3.09. The van der Waals surface area contributed by atoms with E-state index in [1.807, 2.05) is 13.8 Å². The van der Waals surface area contributed by atoms with E-state index in [0.29, 0.717) is 33.9 Å². The van der Waals surface area contributed by atoms with E-state index in [1.165, 1.54) is 0 Å². The zero-order valence-electron chi connectivity index (χ0n) is 10.5. The van der Waals surface area contributed by atoms with Crippen molar-refractivity contribution in [3.8, 4) is 5.75 Å². The van der Waals surface area contributed by atoms with Gasteiger partial charge >= 0.3 is 0 Å². The van der Waals surface area contributed by atoms with Crippen molar-refractivity contribution in [3.63, 3.8) is 0 Å². The number of carbonyl (C=O) groups is 1. The summed E-state index contributed by atoms with van der Waals surface area (Å²) in [6, 6.07) is 3.27. The summed E-state index contributed by atoms with van der Waals surface area (Å²) in [4.78, 5) is 12.2. The van der Waals surface area contributed by atoms with Crippen LogP contribution < -0.4 is 4.74 Å². The van der Waals surface area contributed by atoms with Crippen LogP contribution in [0, 0.1) is 11.8 Å². The first-order valence-corrected chi connectivity index (χ1v) is 6.90. The molecule has 0 bridgehead atoms. The molecule has 0 spiro atoms. The fourth-order valence-electron chi connectivity index (χ4n) is 1.71. The highest BCUT2D eigenvalue weighted by Crippen LogP contribution is 2.39. The van der Waals surface area contributed by atoms with Gasteiger partial charge in [-0.15, -0.1) is 0 Å². The van der Waals surface area contributed by atoms with Crippen LogP contribution in [-0.2, 0) is 0 Å². The second-order valence-electron chi connectivity index (χ2n) is 5.11. The highest BCUT2D eigenvalue weighted by Gasteiger charge is 2.33. The molecule has 0 amide bonds. The smallest absolute Gasteiger partial charge is 0.169 e. The fraction of sp³-hybridized carbons (Fsp3) is 0.500. The maximum Gasteiger partial charge on any atom is 0.169 e. The highest BCUT2D eigenvalue weighted by molar-refractivity contribution is 6.36. The van der Waals surface area contributed by atoms with Crippen molar-refractivity contribution in [3.05, 3.63) is 27.7 Å². The lowest BCUT2D eigenvalue weighted by molar-refractivity contribution is 0.0963. The molecule has 0 atom stereocenters. The lowest BCUT2D eigenvalue weighted by atomic mass is 10.1. The summed E-state index contributed by atoms with van der Waals surface area (Å²) >= 11 is 12.1. The Bertz CT molecular complexity index is 465. The van der Waals surface area contributed by atoms with Crippen LogP contribution in [0.3, 0.4) is 0 Å². The number of benzene rings is 1. The Balaban J connectivity index is 2.31. The van der Waals surface area contributed by atoms with Gasteiger partial charge in [-0.3, -0.25) is 4.79 Å². The van der Waals surface area contributed by atoms with Gasteiger partial charge in [-0.05, 0) is 30.9 Å². The van der Waals surface area contributed by atoms with Gasteiger partial charge in [0.05, 0.1) is 17.2 Å². The van der Waals surface area contributed by atoms with E-state index >= 15 is 0 Å². The predicted molar refractivity (Wildman–Crippen MR) is 73.8 cm³/mol. The van der Waals surface area contributed by atoms with E-state index in [2.05, 4.69) is 0 Å². The number of ketones is 1. The summed E-state index contributed by atoms with van der Waals surface area (Å²) in [5, 5.41) is 0.882. The Labute approximate surface area is 117 Å². The van der Waals surface area contributed by atoms with Crippen molar-refractivity contribution >= 4 is 29.0 Å². The second kappa shape index (κ2) is 5.50. The Morgan fingerprint density at radius 2 is 2.06 bits per heavy atom. The first-order chi connectivity index (χ1) is 8.49. The molecule has 0 saturated heterocycles. The lowest BCUT2D eigenvalue weighted by Crippen LogP contribution is -2.10. The van der Waals surface area contributed by atoms with Crippen molar-refractivity contribution in [1.29, 1.82) is 0 Å². The van der Waals surface area contributed by atoms with Crippen LogP contribution in [0.5, 0.6) is 5.75 Å². The average molecular weight is 287 g/mol. The monoisotopic (exact) mass is 286 g/mol. The van der Waals surface area contributed by atoms with Crippen LogP contribution in [0.15, 0.2) is 12.1 Å². The number of hydrogen-bond donors (Lipinski definition) is 0. The minimum Gasteiger partial charge on any atom is -0.491 e. The Morgan fingerprint density at radius 3 is 2.61 bits per heavy atom. The second-order valence-corrected chi connectivity index (χ2v) is 5.95. The van der Waals surface area contributed by atoms with Crippen molar-refractivity contribution in [2.75, 3.05) is 6.61 Å². The van der Waals surface area contributed by atoms with Crippen molar-refractivity contribution in [2.45, 2.75) is 26.7 Å². The number of Topliss-reactive ketones (excluding diaryl/α,β-unsaturated/α-hetero) is 1. The summed E-state index contributed by atoms with van der Waals surface area (Å²) in [7, 11) is 0. The van der Waals surface area contributed by atoms with Gasteiger partial charge in [-0.1, -0.05) is 37.0 Å². The van der Waals surface area contributed by atoms with Crippen LogP contribution in [0.1, 0.15) is 37.0 Å². The zero-order chi connectivity index (χ0) is 13.3. The third-order valence-corrected chi connectivity index (χ3v) is 3.28. The minimum absolute atomic E-state index is 0.0955. The molecule has 4 heteroatoms. The Kier molecular flexibility index (Phi) is 4.18. The first kappa shape index (κ1) is 13.7. The normalized spacial score (nSPS) is 14.9. The first-order valence-electron chi connectivity index (χ1n) is 6.15. The Hall–Kier alpha value is -0.730. The molecular formula is C14H16Cl2O2. The fourth-order valence-corrected chi connectivity index (χ4v) is 2.25. The molecule has 18 heavy (non-hydrogen) atoms. The van der Waals surface area contributed by atoms with E-state index in [-0.39, 0.29) is 11.7 Å². The third kappa shape index (κ3) is 3.18. The highest BCUT2D eigenvalue weighted by atomic mass is 35.5. The molecular weight excluding hydrogens is 271 g/mol. The van der Waals surface area contributed by atoms with E-state index < -0.39 is 0 Å². The number of halogens is 2. The molecule has 0 heterocycles. The van der Waals surface area contributed by atoms with Crippen LogP contribution in [0.2, 0.25) is 10.0 Å². The van der Waals surface area contributed by atoms with Gasteiger partial charge in [0.15, 0.2) is 5.78 Å². The van der Waals surface area contributed by atoms with Crippen molar-refractivity contribution in [1.82, 2.24) is 0 Å². The quantitative estimate of drug-likeness (QED) is 0.738. The molecule has 1 aliphatic rings. The Morgan fingerprint density at radius 1 is 1.39 bits per heavy atom. The zero-order valence-corrected chi connectivity index (χ0v) is 12.0. The number of ether oxygens (including phenoxy) is 1. The van der Waals surface area contributed by atoms with Gasteiger partial charge < -0.3 is 4.74 Å². The molecule has 1 fully saturated rings. The number of carbonyl (C=O) groups excluding carboxylic acids is 1. The summed E-state index contributed by atoms with van der Waals surface area (Å²) in [5.41, 5.74) is 0.524. The molecule has 1 aromatic carbocycles. The van der Waals surface area contributed by atoms with Crippen LogP contribution in [0.4, 0.5) is 0 Å². The minimum atomic E-state index is 0.0955. The van der Waals surface area contributed by atoms with Crippen molar-refractivity contribution < 1.29 is 9.53 Å². The molecule has 1 aromatic rings. The largest absolute Gasteiger partial charge is 0.491 e. The molecule has 1 aliphatic carbocycles. The SMILES string of the molecule is CC(C)COc1c(Cl)cc(Cl)cc1C(=O)C1CC1. The summed E-state index contributed by atoms with van der Waals surface area (Å²) in [5.74, 6) is 1.08. The van der Waals surface area contributed by atoms with Gasteiger partial charge in [0.2, 0.25) is 0 Å². The topological polar surface area (TPSA) is 26.3 Å². The van der Waals surface area contributed by atoms with E-state index in [4.69, 9.17) is 27.9 Å². The molecule has 0 aromatic heterocycles. The van der Waals surface area contributed by atoms with Crippen LogP contribution in [-0.4, -0.2) is 12.4 Å². The molecule has 0 radical (unpaired) electrons. The van der Waals surface area contributed by atoms with Gasteiger partial charge in [0.25, 0.3) is 0 Å². The summed E-state index contributed by atoms with van der Waals surface area (Å²) in [6.07, 6.45) is 1.90. The lowest BCUT2D eigenvalue weighted by Gasteiger charge is -2.14. The van der Waals surface area contributed by atoms with Gasteiger partial charge in [-0.2, -0.15) is 0 Å². The molecule has 0 unspecified atom stereocenters. The van der Waals surface area contributed by atoms with Crippen molar-refractivity contribution in [2.24, 2.45) is 11.8 Å². The van der Waals surface area contributed by atoms with Gasteiger partial charge in [0, 0.05) is 10.9 Å². The van der Waals surface area contributed by atoms with E-state index in [9.17, 15) is 4.79 Å². The molecule has 0 aliphatic heterocycles. The summed E-state index contributed by atoms with van der Waals surface area (Å²) < 4.78 is 5.67. The third-order valence-electron chi connectivity index (χ3n) is 2.78. The molecule has 2 nitrogen and oxygen atoms in total. The summed E-state index contributed by atoms with van der Waals surface area (Å²) in [6.45, 7) is 4.63. The molecule has 98 valence electrons. The van der Waals surface area contributed by atoms with Crippen LogP contribution >= 0.6 is 23.2 Å². The molecule has 2 rings (SSSR count). The molecule has 0 N–H and O–H groups in total. The van der Waals surface area contributed by atoms with Crippen LogP contribution in [0.25, 0.3) is 0 Å². The molecule has 1 saturated carbocycles. The van der Waals surface area contributed by atoms with E-state index in [0.717, 1.165) is 12.8 Å². The number of hydrogen-bond acceptors (Lipinski definition) is 2. The van der Waals surface area contributed by atoms with E-state index in [1.54, 1.807) is 12.1 Å². The predicted octanol–water partition coefficient (Wildman–Crippen LogP) is 4.62. The van der Waals surface area contributed by atoms with Gasteiger partial charge in [-0.25, -0.2) is 0 Å². The number of rotatable bonds is 5. The standard InChI is InChI=1S/C14H16Cl2O2/c1-8(2)7-18-14-11(13(17)9-3-4-9)5-10(15)6-12(14)16/h5-6,8-9H,3-4,7H2,1-2H3.